The highest BCUT2D eigenvalue weighted by molar-refractivity contribution is 6.30. The minimum atomic E-state index is -0.311. The molecule has 0 bridgehead atoms. The van der Waals surface area contributed by atoms with Gasteiger partial charge in [0.2, 0.25) is 0 Å². The molecule has 0 aliphatic heterocycles. The molecule has 0 fully saturated rings. The van der Waals surface area contributed by atoms with Gasteiger partial charge < -0.3 is 14.8 Å². The summed E-state index contributed by atoms with van der Waals surface area (Å²) < 4.78 is 24.0. The molecule has 0 aromatic heterocycles. The zero-order valence-corrected chi connectivity index (χ0v) is 12.5. The molecule has 0 saturated carbocycles. The number of ether oxygens (including phenoxy) is 2. The fraction of sp³-hybridized carbons (Fsp3) is 0.250. The molecule has 0 aliphatic rings. The van der Waals surface area contributed by atoms with E-state index >= 15 is 0 Å². The molecule has 21 heavy (non-hydrogen) atoms. The minimum Gasteiger partial charge on any atom is -0.491 e. The lowest BCUT2D eigenvalue weighted by Crippen LogP contribution is -2.04. The zero-order chi connectivity index (χ0) is 15.1. The summed E-state index contributed by atoms with van der Waals surface area (Å²) >= 11 is 5.72. The minimum absolute atomic E-state index is 0.311. The summed E-state index contributed by atoms with van der Waals surface area (Å²) in [6.07, 6.45) is 0. The number of nitrogens with one attached hydrogen (secondary N) is 1. The van der Waals surface area contributed by atoms with E-state index < -0.39 is 0 Å². The number of benzene rings is 2. The fourth-order valence-electron chi connectivity index (χ4n) is 1.77. The monoisotopic (exact) mass is 309 g/mol. The molecule has 0 atom stereocenters. The van der Waals surface area contributed by atoms with Crippen molar-refractivity contribution in [1.82, 2.24) is 0 Å². The van der Waals surface area contributed by atoms with Crippen LogP contribution in [-0.2, 0) is 11.3 Å². The van der Waals surface area contributed by atoms with Gasteiger partial charge in [0.05, 0.1) is 6.61 Å². The predicted molar refractivity (Wildman–Crippen MR) is 82.5 cm³/mol. The highest BCUT2D eigenvalue weighted by Crippen LogP contribution is 2.18. The number of halogens is 2. The Hall–Kier alpha value is -1.78. The van der Waals surface area contributed by atoms with Crippen LogP contribution in [-0.4, -0.2) is 20.3 Å². The quantitative estimate of drug-likeness (QED) is 0.781. The van der Waals surface area contributed by atoms with E-state index in [9.17, 15) is 4.39 Å². The first-order valence-corrected chi connectivity index (χ1v) is 6.96. The summed E-state index contributed by atoms with van der Waals surface area (Å²) in [4.78, 5) is 0. The molecule has 1 N–H and O–H groups in total. The van der Waals surface area contributed by atoms with Gasteiger partial charge in [0.15, 0.2) is 0 Å². The van der Waals surface area contributed by atoms with Gasteiger partial charge in [-0.05, 0) is 36.4 Å². The normalized spacial score (nSPS) is 10.4. The van der Waals surface area contributed by atoms with E-state index in [1.165, 1.54) is 6.07 Å². The molecule has 0 unspecified atom stereocenters. The summed E-state index contributed by atoms with van der Waals surface area (Å²) in [5.74, 6) is 0.463. The van der Waals surface area contributed by atoms with Crippen LogP contribution in [0.4, 0.5) is 10.1 Å². The highest BCUT2D eigenvalue weighted by Gasteiger charge is 2.03. The maximum absolute atomic E-state index is 13.6. The lowest BCUT2D eigenvalue weighted by atomic mass is 10.2. The van der Waals surface area contributed by atoms with Gasteiger partial charge >= 0.3 is 0 Å². The van der Waals surface area contributed by atoms with Crippen LogP contribution in [0.25, 0.3) is 0 Å². The Balaban J connectivity index is 1.88. The smallest absolute Gasteiger partial charge is 0.129 e. The first-order chi connectivity index (χ1) is 10.2. The van der Waals surface area contributed by atoms with E-state index in [0.29, 0.717) is 30.3 Å². The number of hydrogen-bond acceptors (Lipinski definition) is 3. The summed E-state index contributed by atoms with van der Waals surface area (Å²) in [5, 5.41) is 3.55. The van der Waals surface area contributed by atoms with Crippen LogP contribution >= 0.6 is 11.6 Å². The van der Waals surface area contributed by atoms with Crippen LogP contribution in [0.5, 0.6) is 5.75 Å². The Labute approximate surface area is 128 Å². The topological polar surface area (TPSA) is 30.5 Å². The second-order valence-corrected chi connectivity index (χ2v) is 4.89. The molecule has 2 aromatic carbocycles. The fourth-order valence-corrected chi connectivity index (χ4v) is 1.93. The second kappa shape index (κ2) is 7.86. The lowest BCUT2D eigenvalue weighted by molar-refractivity contribution is 0.146. The maximum Gasteiger partial charge on any atom is 0.129 e. The lowest BCUT2D eigenvalue weighted by Gasteiger charge is -2.09. The Morgan fingerprint density at radius 2 is 1.86 bits per heavy atom. The highest BCUT2D eigenvalue weighted by atomic mass is 35.5. The van der Waals surface area contributed by atoms with Gasteiger partial charge in [0, 0.05) is 29.9 Å². The molecule has 0 heterocycles. The summed E-state index contributed by atoms with van der Waals surface area (Å²) in [5.41, 5.74) is 1.46. The van der Waals surface area contributed by atoms with Crippen molar-refractivity contribution in [2.75, 3.05) is 25.6 Å². The first-order valence-electron chi connectivity index (χ1n) is 6.58. The Morgan fingerprint density at radius 1 is 1.10 bits per heavy atom. The van der Waals surface area contributed by atoms with Crippen molar-refractivity contribution in [3.63, 3.8) is 0 Å². The van der Waals surface area contributed by atoms with Crippen molar-refractivity contribution < 1.29 is 13.9 Å². The zero-order valence-electron chi connectivity index (χ0n) is 11.7. The van der Waals surface area contributed by atoms with Gasteiger partial charge in [-0.15, -0.1) is 0 Å². The van der Waals surface area contributed by atoms with E-state index in [2.05, 4.69) is 5.32 Å². The summed E-state index contributed by atoms with van der Waals surface area (Å²) in [7, 11) is 1.63. The van der Waals surface area contributed by atoms with Crippen LogP contribution in [0.1, 0.15) is 5.56 Å². The number of rotatable bonds is 7. The third kappa shape index (κ3) is 4.92. The van der Waals surface area contributed by atoms with E-state index in [4.69, 9.17) is 21.1 Å². The molecule has 112 valence electrons. The van der Waals surface area contributed by atoms with Gasteiger partial charge in [0.1, 0.15) is 18.2 Å². The van der Waals surface area contributed by atoms with E-state index in [1.807, 2.05) is 24.3 Å². The van der Waals surface area contributed by atoms with Gasteiger partial charge in [-0.25, -0.2) is 4.39 Å². The van der Waals surface area contributed by atoms with Crippen molar-refractivity contribution in [3.05, 3.63) is 58.9 Å². The Morgan fingerprint density at radius 3 is 2.52 bits per heavy atom. The van der Waals surface area contributed by atoms with E-state index in [1.54, 1.807) is 19.2 Å². The third-order valence-electron chi connectivity index (χ3n) is 2.91. The van der Waals surface area contributed by atoms with Crippen LogP contribution in [0.15, 0.2) is 42.5 Å². The molecule has 3 nitrogen and oxygen atoms in total. The molecule has 2 rings (SSSR count). The van der Waals surface area contributed by atoms with Crippen LogP contribution in [0.2, 0.25) is 5.02 Å². The molecule has 2 aromatic rings. The summed E-state index contributed by atoms with van der Waals surface area (Å²) in [6, 6.07) is 12.1. The average molecular weight is 310 g/mol. The Bertz CT molecular complexity index is 575. The second-order valence-electron chi connectivity index (χ2n) is 4.45. The van der Waals surface area contributed by atoms with Crippen molar-refractivity contribution in [1.29, 1.82) is 0 Å². The molecule has 0 spiro atoms. The van der Waals surface area contributed by atoms with Crippen molar-refractivity contribution >= 4 is 17.3 Å². The average Bonchev–Trinajstić information content (AvgIpc) is 2.48. The van der Waals surface area contributed by atoms with Crippen molar-refractivity contribution in [2.45, 2.75) is 6.54 Å². The largest absolute Gasteiger partial charge is 0.491 e. The van der Waals surface area contributed by atoms with Gasteiger partial charge in [0.25, 0.3) is 0 Å². The molecular weight excluding hydrogens is 293 g/mol. The van der Waals surface area contributed by atoms with Gasteiger partial charge in [-0.3, -0.25) is 0 Å². The molecule has 0 saturated heterocycles. The Kier molecular flexibility index (Phi) is 5.84. The third-order valence-corrected chi connectivity index (χ3v) is 3.14. The van der Waals surface area contributed by atoms with Crippen molar-refractivity contribution in [3.8, 4) is 5.75 Å². The molecular formula is C16H17ClFNO2. The van der Waals surface area contributed by atoms with Gasteiger partial charge in [-0.1, -0.05) is 17.7 Å². The van der Waals surface area contributed by atoms with Gasteiger partial charge in [-0.2, -0.15) is 0 Å². The molecule has 0 amide bonds. The summed E-state index contributed by atoms with van der Waals surface area (Å²) in [6.45, 7) is 1.46. The number of methoxy groups -OCH3 is 1. The molecule has 0 radical (unpaired) electrons. The maximum atomic E-state index is 13.6. The van der Waals surface area contributed by atoms with Crippen LogP contribution in [0.3, 0.4) is 0 Å². The first kappa shape index (κ1) is 15.6. The standard InChI is InChI=1S/C16H17ClFNO2/c1-20-8-9-21-15-6-4-14(5-7-15)19-11-12-2-3-13(17)10-16(12)18/h2-7,10,19H,8-9,11H2,1H3. The molecule has 0 aliphatic carbocycles. The number of anilines is 1. The predicted octanol–water partition coefficient (Wildman–Crippen LogP) is 4.12. The van der Waals surface area contributed by atoms with Crippen LogP contribution in [0, 0.1) is 5.82 Å². The molecule has 5 heteroatoms. The van der Waals surface area contributed by atoms with Crippen LogP contribution < -0.4 is 10.1 Å². The van der Waals surface area contributed by atoms with E-state index in [0.717, 1.165) is 11.4 Å². The van der Waals surface area contributed by atoms with Crippen molar-refractivity contribution in [2.24, 2.45) is 0 Å². The van der Waals surface area contributed by atoms with E-state index in [-0.39, 0.29) is 5.82 Å². The number of hydrogen-bond donors (Lipinski definition) is 1. The SMILES string of the molecule is COCCOc1ccc(NCc2ccc(Cl)cc2F)cc1.